The molecule has 0 saturated carbocycles. The molecule has 3 aromatic carbocycles. The Balaban J connectivity index is 1.66. The SMILES string of the molecule is COc1cccc(NC(=O)[C@@H](Oc2ccc3c(C)cc(=O)oc3c2)c2ccccc2)c1. The highest BCUT2D eigenvalue weighted by Crippen LogP contribution is 2.28. The third kappa shape index (κ3) is 4.59. The van der Waals surface area contributed by atoms with Gasteiger partial charge in [0.25, 0.3) is 5.91 Å². The average molecular weight is 415 g/mol. The number of fused-ring (bicyclic) bond motifs is 1. The molecule has 0 aliphatic rings. The molecule has 1 atom stereocenters. The van der Waals surface area contributed by atoms with Crippen molar-refractivity contribution >= 4 is 22.6 Å². The van der Waals surface area contributed by atoms with Crippen LogP contribution in [0.15, 0.2) is 88.1 Å². The van der Waals surface area contributed by atoms with Crippen LogP contribution in [-0.4, -0.2) is 13.0 Å². The molecule has 0 fully saturated rings. The summed E-state index contributed by atoms with van der Waals surface area (Å²) >= 11 is 0. The molecule has 1 N–H and O–H groups in total. The number of benzene rings is 3. The number of hydrogen-bond donors (Lipinski definition) is 1. The van der Waals surface area contributed by atoms with Crippen molar-refractivity contribution in [1.29, 1.82) is 0 Å². The van der Waals surface area contributed by atoms with Gasteiger partial charge in [-0.15, -0.1) is 0 Å². The van der Waals surface area contributed by atoms with E-state index >= 15 is 0 Å². The van der Waals surface area contributed by atoms with E-state index in [1.54, 1.807) is 43.5 Å². The fourth-order valence-corrected chi connectivity index (χ4v) is 3.32. The average Bonchev–Trinajstić information content (AvgIpc) is 2.77. The monoisotopic (exact) mass is 415 g/mol. The van der Waals surface area contributed by atoms with E-state index in [1.165, 1.54) is 6.07 Å². The van der Waals surface area contributed by atoms with Gasteiger partial charge < -0.3 is 19.2 Å². The fourth-order valence-electron chi connectivity index (χ4n) is 3.32. The van der Waals surface area contributed by atoms with Gasteiger partial charge in [-0.25, -0.2) is 4.79 Å². The molecule has 0 saturated heterocycles. The zero-order chi connectivity index (χ0) is 21.8. The topological polar surface area (TPSA) is 77.8 Å². The van der Waals surface area contributed by atoms with E-state index in [0.29, 0.717) is 28.3 Å². The summed E-state index contributed by atoms with van der Waals surface area (Å²) in [4.78, 5) is 24.9. The van der Waals surface area contributed by atoms with Crippen molar-refractivity contribution in [3.63, 3.8) is 0 Å². The molecule has 0 radical (unpaired) electrons. The summed E-state index contributed by atoms with van der Waals surface area (Å²) in [7, 11) is 1.57. The normalized spacial score (nSPS) is 11.7. The third-order valence-electron chi connectivity index (χ3n) is 4.85. The Hall–Kier alpha value is -4.06. The van der Waals surface area contributed by atoms with Crippen LogP contribution in [0.4, 0.5) is 5.69 Å². The Morgan fingerprint density at radius 2 is 1.74 bits per heavy atom. The molecule has 0 bridgehead atoms. The zero-order valence-corrected chi connectivity index (χ0v) is 17.1. The summed E-state index contributed by atoms with van der Waals surface area (Å²) in [6, 6.07) is 22.9. The third-order valence-corrected chi connectivity index (χ3v) is 4.85. The van der Waals surface area contributed by atoms with E-state index in [0.717, 1.165) is 10.9 Å². The van der Waals surface area contributed by atoms with Crippen molar-refractivity contribution in [2.24, 2.45) is 0 Å². The summed E-state index contributed by atoms with van der Waals surface area (Å²) in [6.07, 6.45) is -0.915. The molecular formula is C25H21NO5. The van der Waals surface area contributed by atoms with Gasteiger partial charge in [0.05, 0.1) is 7.11 Å². The van der Waals surface area contributed by atoms with Crippen molar-refractivity contribution in [2.45, 2.75) is 13.0 Å². The highest BCUT2D eigenvalue weighted by Gasteiger charge is 2.23. The Morgan fingerprint density at radius 3 is 2.52 bits per heavy atom. The molecule has 6 heteroatoms. The van der Waals surface area contributed by atoms with Gasteiger partial charge in [0.2, 0.25) is 6.10 Å². The fraction of sp³-hybridized carbons (Fsp3) is 0.120. The first kappa shape index (κ1) is 20.2. The van der Waals surface area contributed by atoms with Crippen LogP contribution < -0.4 is 20.4 Å². The van der Waals surface area contributed by atoms with Crippen LogP contribution in [0.2, 0.25) is 0 Å². The number of anilines is 1. The van der Waals surface area contributed by atoms with Crippen LogP contribution in [0.5, 0.6) is 11.5 Å². The number of methoxy groups -OCH3 is 1. The maximum Gasteiger partial charge on any atom is 0.336 e. The van der Waals surface area contributed by atoms with E-state index < -0.39 is 11.7 Å². The second-order valence-corrected chi connectivity index (χ2v) is 7.04. The first-order chi connectivity index (χ1) is 15.0. The number of amides is 1. The lowest BCUT2D eigenvalue weighted by Crippen LogP contribution is -2.25. The maximum atomic E-state index is 13.1. The molecule has 156 valence electrons. The highest BCUT2D eigenvalue weighted by molar-refractivity contribution is 5.95. The van der Waals surface area contributed by atoms with E-state index in [2.05, 4.69) is 5.32 Å². The van der Waals surface area contributed by atoms with E-state index in [-0.39, 0.29) is 5.91 Å². The van der Waals surface area contributed by atoms with Gasteiger partial charge in [-0.3, -0.25) is 4.79 Å². The van der Waals surface area contributed by atoms with E-state index in [1.807, 2.05) is 43.3 Å². The minimum absolute atomic E-state index is 0.342. The minimum Gasteiger partial charge on any atom is -0.497 e. The molecule has 4 aromatic rings. The maximum absolute atomic E-state index is 13.1. The molecule has 6 nitrogen and oxygen atoms in total. The number of hydrogen-bond acceptors (Lipinski definition) is 5. The molecule has 1 aromatic heterocycles. The van der Waals surface area contributed by atoms with E-state index in [9.17, 15) is 9.59 Å². The van der Waals surface area contributed by atoms with Crippen LogP contribution in [0, 0.1) is 6.92 Å². The quantitative estimate of drug-likeness (QED) is 0.455. The lowest BCUT2D eigenvalue weighted by molar-refractivity contribution is -0.123. The lowest BCUT2D eigenvalue weighted by atomic mass is 10.1. The number of ether oxygens (including phenoxy) is 2. The van der Waals surface area contributed by atoms with Gasteiger partial charge in [0.15, 0.2) is 0 Å². The Kier molecular flexibility index (Phi) is 5.71. The number of aryl methyl sites for hydroxylation is 1. The summed E-state index contributed by atoms with van der Waals surface area (Å²) < 4.78 is 16.6. The Morgan fingerprint density at radius 1 is 0.935 bits per heavy atom. The smallest absolute Gasteiger partial charge is 0.336 e. The van der Waals surface area contributed by atoms with Crippen LogP contribution in [-0.2, 0) is 4.79 Å². The van der Waals surface area contributed by atoms with Gasteiger partial charge >= 0.3 is 5.63 Å². The number of carbonyl (C=O) groups is 1. The van der Waals surface area contributed by atoms with Crippen molar-refractivity contribution < 1.29 is 18.7 Å². The van der Waals surface area contributed by atoms with Gasteiger partial charge in [-0.2, -0.15) is 0 Å². The van der Waals surface area contributed by atoms with Gasteiger partial charge in [-0.1, -0.05) is 36.4 Å². The van der Waals surface area contributed by atoms with Crippen molar-refractivity contribution in [3.8, 4) is 11.5 Å². The summed E-state index contributed by atoms with van der Waals surface area (Å²) in [5.74, 6) is 0.705. The summed E-state index contributed by atoms with van der Waals surface area (Å²) in [6.45, 7) is 1.84. The molecule has 1 heterocycles. The van der Waals surface area contributed by atoms with Crippen LogP contribution in [0.25, 0.3) is 11.0 Å². The number of nitrogens with one attached hydrogen (secondary N) is 1. The molecular weight excluding hydrogens is 394 g/mol. The zero-order valence-electron chi connectivity index (χ0n) is 17.1. The number of rotatable bonds is 6. The largest absolute Gasteiger partial charge is 0.497 e. The molecule has 1 amide bonds. The second kappa shape index (κ2) is 8.75. The van der Waals surface area contributed by atoms with E-state index in [4.69, 9.17) is 13.9 Å². The molecule has 4 rings (SSSR count). The number of carbonyl (C=O) groups excluding carboxylic acids is 1. The Bertz CT molecular complexity index is 1280. The standard InChI is InChI=1S/C25H21NO5/c1-16-13-23(27)31-22-15-20(11-12-21(16)22)30-24(17-7-4-3-5-8-17)25(28)26-18-9-6-10-19(14-18)29-2/h3-15,24H,1-2H3,(H,26,28)/t24-/m0/s1. The molecule has 0 unspecified atom stereocenters. The van der Waals surface area contributed by atoms with Crippen molar-refractivity contribution in [2.75, 3.05) is 12.4 Å². The predicted octanol–water partition coefficient (Wildman–Crippen LogP) is 4.87. The molecule has 31 heavy (non-hydrogen) atoms. The van der Waals surface area contributed by atoms with Crippen LogP contribution >= 0.6 is 0 Å². The first-order valence-corrected chi connectivity index (χ1v) is 9.74. The van der Waals surface area contributed by atoms with Gasteiger partial charge in [0, 0.05) is 34.8 Å². The molecule has 0 spiro atoms. The van der Waals surface area contributed by atoms with Crippen molar-refractivity contribution in [1.82, 2.24) is 0 Å². The summed E-state index contributed by atoms with van der Waals surface area (Å²) in [5, 5.41) is 3.68. The van der Waals surface area contributed by atoms with Crippen molar-refractivity contribution in [3.05, 3.63) is 100 Å². The predicted molar refractivity (Wildman–Crippen MR) is 119 cm³/mol. The molecule has 0 aliphatic heterocycles. The van der Waals surface area contributed by atoms with Gasteiger partial charge in [-0.05, 0) is 36.8 Å². The second-order valence-electron chi connectivity index (χ2n) is 7.04. The first-order valence-electron chi connectivity index (χ1n) is 9.74. The minimum atomic E-state index is -0.915. The highest BCUT2D eigenvalue weighted by atomic mass is 16.5. The Labute approximate surface area is 179 Å². The van der Waals surface area contributed by atoms with Gasteiger partial charge in [0.1, 0.15) is 17.1 Å². The molecule has 0 aliphatic carbocycles. The lowest BCUT2D eigenvalue weighted by Gasteiger charge is -2.19. The summed E-state index contributed by atoms with van der Waals surface area (Å²) in [5.41, 5.74) is 2.07. The van der Waals surface area contributed by atoms with Crippen LogP contribution in [0.1, 0.15) is 17.2 Å². The van der Waals surface area contributed by atoms with Crippen LogP contribution in [0.3, 0.4) is 0 Å².